The van der Waals surface area contributed by atoms with Crippen molar-refractivity contribution >= 4 is 11.9 Å². The first-order valence-corrected chi connectivity index (χ1v) is 7.94. The molecule has 0 aliphatic carbocycles. The van der Waals surface area contributed by atoms with Crippen molar-refractivity contribution in [2.24, 2.45) is 0 Å². The lowest BCUT2D eigenvalue weighted by molar-refractivity contribution is 0.0934. The summed E-state index contributed by atoms with van der Waals surface area (Å²) in [5, 5.41) is 6.11. The van der Waals surface area contributed by atoms with Crippen LogP contribution in [0.4, 0.5) is 5.95 Å². The minimum atomic E-state index is -0.163. The predicted molar refractivity (Wildman–Crippen MR) is 92.5 cm³/mol. The Morgan fingerprint density at radius 2 is 2.00 bits per heavy atom. The highest BCUT2D eigenvalue weighted by molar-refractivity contribution is 5.92. The number of nitrogens with one attached hydrogen (secondary N) is 2. The van der Waals surface area contributed by atoms with Gasteiger partial charge in [-0.05, 0) is 38.8 Å². The van der Waals surface area contributed by atoms with Crippen LogP contribution in [0.2, 0.25) is 0 Å². The number of nitrogens with zero attached hydrogens (tertiary/aromatic N) is 2. The molecule has 0 radical (unpaired) electrons. The molecule has 5 nitrogen and oxygen atoms in total. The van der Waals surface area contributed by atoms with Gasteiger partial charge in [-0.1, -0.05) is 36.8 Å². The maximum atomic E-state index is 12.2. The number of rotatable bonds is 6. The monoisotopic (exact) mass is 312 g/mol. The molecule has 0 aliphatic heterocycles. The van der Waals surface area contributed by atoms with E-state index >= 15 is 0 Å². The average Bonchev–Trinajstić information content (AvgIpc) is 2.52. The molecule has 0 saturated carbocycles. The minimum Gasteiger partial charge on any atom is -0.350 e. The molecule has 0 spiro atoms. The maximum Gasteiger partial charge on any atom is 0.270 e. The van der Waals surface area contributed by atoms with Gasteiger partial charge in [0.2, 0.25) is 5.95 Å². The van der Waals surface area contributed by atoms with E-state index in [0.29, 0.717) is 18.2 Å². The molecule has 23 heavy (non-hydrogen) atoms. The first kappa shape index (κ1) is 16.9. The van der Waals surface area contributed by atoms with Gasteiger partial charge in [-0.3, -0.25) is 4.79 Å². The number of aromatic nitrogens is 2. The number of anilines is 1. The summed E-state index contributed by atoms with van der Waals surface area (Å²) in [6, 6.07) is 10.1. The largest absolute Gasteiger partial charge is 0.350 e. The van der Waals surface area contributed by atoms with Gasteiger partial charge < -0.3 is 10.6 Å². The van der Waals surface area contributed by atoms with Crippen LogP contribution in [0.3, 0.4) is 0 Å². The Morgan fingerprint density at radius 1 is 1.22 bits per heavy atom. The molecule has 1 heterocycles. The number of amides is 1. The van der Waals surface area contributed by atoms with Gasteiger partial charge in [0, 0.05) is 18.3 Å². The fourth-order valence-corrected chi connectivity index (χ4v) is 2.17. The van der Waals surface area contributed by atoms with Gasteiger partial charge in [-0.2, -0.15) is 0 Å². The SMILES string of the molecule is CCC(C)NC(=O)c1cc(C)nc(NCc2cccc(C)c2)n1. The van der Waals surface area contributed by atoms with E-state index in [2.05, 4.69) is 39.7 Å². The molecule has 1 amide bonds. The van der Waals surface area contributed by atoms with Gasteiger partial charge in [0.05, 0.1) is 0 Å². The van der Waals surface area contributed by atoms with Crippen LogP contribution in [-0.4, -0.2) is 21.9 Å². The zero-order valence-corrected chi connectivity index (χ0v) is 14.2. The molecule has 1 aromatic heterocycles. The summed E-state index contributed by atoms with van der Waals surface area (Å²) in [6.07, 6.45) is 0.883. The number of carbonyl (C=O) groups is 1. The highest BCUT2D eigenvalue weighted by Crippen LogP contribution is 2.09. The Hall–Kier alpha value is -2.43. The zero-order chi connectivity index (χ0) is 16.8. The minimum absolute atomic E-state index is 0.126. The van der Waals surface area contributed by atoms with E-state index in [1.54, 1.807) is 6.07 Å². The molecule has 1 aromatic carbocycles. The van der Waals surface area contributed by atoms with Gasteiger partial charge in [0.25, 0.3) is 5.91 Å². The molecular weight excluding hydrogens is 288 g/mol. The van der Waals surface area contributed by atoms with Crippen LogP contribution in [0.1, 0.15) is 47.6 Å². The Kier molecular flexibility index (Phi) is 5.68. The summed E-state index contributed by atoms with van der Waals surface area (Å²) < 4.78 is 0. The Labute approximate surface area is 137 Å². The quantitative estimate of drug-likeness (QED) is 0.859. The zero-order valence-electron chi connectivity index (χ0n) is 14.2. The van der Waals surface area contributed by atoms with E-state index in [9.17, 15) is 4.79 Å². The summed E-state index contributed by atoms with van der Waals surface area (Å²) in [5.41, 5.74) is 3.52. The van der Waals surface area contributed by atoms with Crippen LogP contribution in [0.15, 0.2) is 30.3 Å². The molecule has 1 unspecified atom stereocenters. The molecule has 0 saturated heterocycles. The standard InChI is InChI=1S/C18H24N4O/c1-5-13(3)20-17(23)16-10-14(4)21-18(22-16)19-11-15-8-6-7-12(2)9-15/h6-10,13H,5,11H2,1-4H3,(H,20,23)(H,19,21,22). The number of aryl methyl sites for hydroxylation is 2. The van der Waals surface area contributed by atoms with Crippen LogP contribution in [0.25, 0.3) is 0 Å². The third kappa shape index (κ3) is 5.06. The first-order chi connectivity index (χ1) is 11.0. The van der Waals surface area contributed by atoms with Crippen LogP contribution < -0.4 is 10.6 Å². The Bertz CT molecular complexity index is 684. The summed E-state index contributed by atoms with van der Waals surface area (Å²) in [7, 11) is 0. The highest BCUT2D eigenvalue weighted by atomic mass is 16.1. The molecule has 2 aromatic rings. The fraction of sp³-hybridized carbons (Fsp3) is 0.389. The van der Waals surface area contributed by atoms with Crippen molar-refractivity contribution in [1.29, 1.82) is 0 Å². The normalized spacial score (nSPS) is 11.8. The topological polar surface area (TPSA) is 66.9 Å². The third-order valence-electron chi connectivity index (χ3n) is 3.61. The van der Waals surface area contributed by atoms with Gasteiger partial charge in [-0.25, -0.2) is 9.97 Å². The van der Waals surface area contributed by atoms with E-state index in [1.807, 2.05) is 32.9 Å². The molecule has 1 atom stereocenters. The smallest absolute Gasteiger partial charge is 0.270 e. The van der Waals surface area contributed by atoms with E-state index in [1.165, 1.54) is 5.56 Å². The molecular formula is C18H24N4O. The molecule has 5 heteroatoms. The van der Waals surface area contributed by atoms with Gasteiger partial charge in [0.1, 0.15) is 5.69 Å². The van der Waals surface area contributed by atoms with E-state index in [4.69, 9.17) is 0 Å². The number of carbonyl (C=O) groups excluding carboxylic acids is 1. The van der Waals surface area contributed by atoms with Crippen molar-refractivity contribution in [3.63, 3.8) is 0 Å². The van der Waals surface area contributed by atoms with Crippen LogP contribution in [0, 0.1) is 13.8 Å². The van der Waals surface area contributed by atoms with E-state index in [0.717, 1.165) is 17.7 Å². The van der Waals surface area contributed by atoms with Crippen molar-refractivity contribution in [2.75, 3.05) is 5.32 Å². The predicted octanol–water partition coefficient (Wildman–Crippen LogP) is 3.23. The van der Waals surface area contributed by atoms with Crippen LogP contribution in [-0.2, 0) is 6.54 Å². The van der Waals surface area contributed by atoms with Crippen LogP contribution in [0.5, 0.6) is 0 Å². The van der Waals surface area contributed by atoms with Crippen molar-refractivity contribution in [2.45, 2.75) is 46.7 Å². The van der Waals surface area contributed by atoms with Crippen molar-refractivity contribution in [3.05, 3.63) is 52.8 Å². The lowest BCUT2D eigenvalue weighted by Crippen LogP contribution is -2.32. The summed E-state index contributed by atoms with van der Waals surface area (Å²) in [5.74, 6) is 0.310. The molecule has 0 aliphatic rings. The second kappa shape index (κ2) is 7.72. The second-order valence-corrected chi connectivity index (χ2v) is 5.84. The highest BCUT2D eigenvalue weighted by Gasteiger charge is 2.12. The summed E-state index contributed by atoms with van der Waals surface area (Å²) in [6.45, 7) is 8.55. The van der Waals surface area contributed by atoms with E-state index in [-0.39, 0.29) is 11.9 Å². The van der Waals surface area contributed by atoms with E-state index < -0.39 is 0 Å². The Morgan fingerprint density at radius 3 is 2.70 bits per heavy atom. The van der Waals surface area contributed by atoms with Gasteiger partial charge in [-0.15, -0.1) is 0 Å². The van der Waals surface area contributed by atoms with Crippen LogP contribution >= 0.6 is 0 Å². The van der Waals surface area contributed by atoms with Gasteiger partial charge >= 0.3 is 0 Å². The van der Waals surface area contributed by atoms with Gasteiger partial charge in [0.15, 0.2) is 0 Å². The molecule has 0 fully saturated rings. The average molecular weight is 312 g/mol. The molecule has 2 N–H and O–H groups in total. The molecule has 2 rings (SSSR count). The Balaban J connectivity index is 2.09. The summed E-state index contributed by atoms with van der Waals surface area (Å²) in [4.78, 5) is 20.9. The lowest BCUT2D eigenvalue weighted by atomic mass is 10.1. The number of benzene rings is 1. The molecule has 122 valence electrons. The first-order valence-electron chi connectivity index (χ1n) is 7.94. The van der Waals surface area contributed by atoms with Crippen molar-refractivity contribution in [1.82, 2.24) is 15.3 Å². The second-order valence-electron chi connectivity index (χ2n) is 5.84. The fourth-order valence-electron chi connectivity index (χ4n) is 2.17. The third-order valence-corrected chi connectivity index (χ3v) is 3.61. The number of hydrogen-bond acceptors (Lipinski definition) is 4. The molecule has 0 bridgehead atoms. The number of hydrogen-bond donors (Lipinski definition) is 2. The van der Waals surface area contributed by atoms with Crippen molar-refractivity contribution < 1.29 is 4.79 Å². The maximum absolute atomic E-state index is 12.2. The van der Waals surface area contributed by atoms with Crippen molar-refractivity contribution in [3.8, 4) is 0 Å². The summed E-state index contributed by atoms with van der Waals surface area (Å²) >= 11 is 0. The lowest BCUT2D eigenvalue weighted by Gasteiger charge is -2.12.